The molecule has 1 saturated heterocycles. The number of aromatic nitrogens is 1. The van der Waals surface area contributed by atoms with Crippen LogP contribution in [0.5, 0.6) is 0 Å². The fourth-order valence-corrected chi connectivity index (χ4v) is 3.77. The van der Waals surface area contributed by atoms with Gasteiger partial charge in [0.05, 0.1) is 5.52 Å². The van der Waals surface area contributed by atoms with Gasteiger partial charge in [0.25, 0.3) is 0 Å². The summed E-state index contributed by atoms with van der Waals surface area (Å²) in [5.74, 6) is -0.180. The Morgan fingerprint density at radius 1 is 0.846 bits per heavy atom. The van der Waals surface area contributed by atoms with E-state index in [0.717, 1.165) is 62.2 Å². The Bertz CT molecular complexity index is 866. The Morgan fingerprint density at radius 2 is 1.62 bits per heavy atom. The predicted octanol–water partition coefficient (Wildman–Crippen LogP) is 4.08. The molecular weight excluding hydrogens is 325 g/mol. The second kappa shape index (κ2) is 7.94. The smallest absolute Gasteiger partial charge is 0.124 e. The molecule has 1 fully saturated rings. The van der Waals surface area contributed by atoms with Crippen LogP contribution >= 0.6 is 0 Å². The van der Waals surface area contributed by atoms with Gasteiger partial charge in [-0.25, -0.2) is 4.39 Å². The molecule has 0 bridgehead atoms. The number of hydrogen-bond acceptors (Lipinski definition) is 3. The second-order valence-electron chi connectivity index (χ2n) is 7.03. The minimum atomic E-state index is -0.180. The summed E-state index contributed by atoms with van der Waals surface area (Å²) < 4.78 is 14.0. The van der Waals surface area contributed by atoms with Crippen molar-refractivity contribution in [2.24, 2.45) is 0 Å². The standard InChI is InChI=1S/C22H24FN3/c23-21-14-19-8-4-9-24-22(19)20(15-21)17-26-11-5-10-25(12-13-26)16-18-6-2-1-3-7-18/h1-4,6-9,14-15H,5,10-13,16-17H2. The lowest BCUT2D eigenvalue weighted by atomic mass is 10.1. The highest BCUT2D eigenvalue weighted by Crippen LogP contribution is 2.21. The molecule has 1 aromatic heterocycles. The summed E-state index contributed by atoms with van der Waals surface area (Å²) in [6.45, 7) is 5.93. The van der Waals surface area contributed by atoms with Crippen LogP contribution in [0.1, 0.15) is 17.5 Å². The topological polar surface area (TPSA) is 19.4 Å². The summed E-state index contributed by atoms with van der Waals surface area (Å²) in [5, 5.41) is 0.878. The molecule has 3 aromatic rings. The van der Waals surface area contributed by atoms with Gasteiger partial charge in [0.2, 0.25) is 0 Å². The number of nitrogens with zero attached hydrogens (tertiary/aromatic N) is 3. The zero-order chi connectivity index (χ0) is 17.8. The molecule has 0 spiro atoms. The van der Waals surface area contributed by atoms with Crippen molar-refractivity contribution in [3.63, 3.8) is 0 Å². The van der Waals surface area contributed by atoms with E-state index in [0.29, 0.717) is 0 Å². The van der Waals surface area contributed by atoms with E-state index < -0.39 is 0 Å². The largest absolute Gasteiger partial charge is 0.298 e. The van der Waals surface area contributed by atoms with Gasteiger partial charge in [-0.05, 0) is 48.8 Å². The van der Waals surface area contributed by atoms with Crippen molar-refractivity contribution in [2.45, 2.75) is 19.5 Å². The molecule has 0 amide bonds. The maximum Gasteiger partial charge on any atom is 0.124 e. The molecular formula is C22H24FN3. The first-order valence-electron chi connectivity index (χ1n) is 9.30. The lowest BCUT2D eigenvalue weighted by molar-refractivity contribution is 0.247. The molecule has 26 heavy (non-hydrogen) atoms. The summed E-state index contributed by atoms with van der Waals surface area (Å²) in [6.07, 6.45) is 2.92. The van der Waals surface area contributed by atoms with Crippen LogP contribution < -0.4 is 0 Å². The van der Waals surface area contributed by atoms with Gasteiger partial charge in [0.1, 0.15) is 5.82 Å². The quantitative estimate of drug-likeness (QED) is 0.707. The zero-order valence-corrected chi connectivity index (χ0v) is 14.9. The third-order valence-electron chi connectivity index (χ3n) is 5.07. The Hall–Kier alpha value is -2.30. The summed E-state index contributed by atoms with van der Waals surface area (Å²) >= 11 is 0. The van der Waals surface area contributed by atoms with Crippen LogP contribution in [0.25, 0.3) is 10.9 Å². The molecule has 0 radical (unpaired) electrons. The van der Waals surface area contributed by atoms with E-state index in [9.17, 15) is 4.39 Å². The number of pyridine rings is 1. The van der Waals surface area contributed by atoms with Crippen LogP contribution in [0, 0.1) is 5.82 Å². The van der Waals surface area contributed by atoms with Crippen molar-refractivity contribution >= 4 is 10.9 Å². The van der Waals surface area contributed by atoms with Crippen LogP contribution in [0.2, 0.25) is 0 Å². The SMILES string of the molecule is Fc1cc(CN2CCCN(Cc3ccccc3)CC2)c2ncccc2c1. The van der Waals surface area contributed by atoms with E-state index in [1.165, 1.54) is 5.56 Å². The first-order chi connectivity index (χ1) is 12.8. The number of benzene rings is 2. The number of halogens is 1. The first kappa shape index (κ1) is 17.1. The number of rotatable bonds is 4. The molecule has 3 nitrogen and oxygen atoms in total. The lowest BCUT2D eigenvalue weighted by Crippen LogP contribution is -2.30. The van der Waals surface area contributed by atoms with Gasteiger partial charge in [0, 0.05) is 37.8 Å². The highest BCUT2D eigenvalue weighted by Gasteiger charge is 2.16. The van der Waals surface area contributed by atoms with Crippen molar-refractivity contribution in [3.8, 4) is 0 Å². The van der Waals surface area contributed by atoms with E-state index in [-0.39, 0.29) is 5.82 Å². The molecule has 0 unspecified atom stereocenters. The summed E-state index contributed by atoms with van der Waals surface area (Å²) in [4.78, 5) is 9.41. The van der Waals surface area contributed by atoms with E-state index >= 15 is 0 Å². The van der Waals surface area contributed by atoms with Crippen LogP contribution in [-0.4, -0.2) is 41.0 Å². The highest BCUT2D eigenvalue weighted by molar-refractivity contribution is 5.81. The Morgan fingerprint density at radius 3 is 2.42 bits per heavy atom. The predicted molar refractivity (Wildman–Crippen MR) is 103 cm³/mol. The van der Waals surface area contributed by atoms with Crippen molar-refractivity contribution < 1.29 is 4.39 Å². The second-order valence-corrected chi connectivity index (χ2v) is 7.03. The van der Waals surface area contributed by atoms with E-state index in [2.05, 4.69) is 45.1 Å². The van der Waals surface area contributed by atoms with Gasteiger partial charge in [-0.1, -0.05) is 36.4 Å². The minimum Gasteiger partial charge on any atom is -0.298 e. The van der Waals surface area contributed by atoms with Crippen LogP contribution in [0.3, 0.4) is 0 Å². The summed E-state index contributed by atoms with van der Waals surface area (Å²) in [6, 6.07) is 17.6. The Balaban J connectivity index is 1.44. The zero-order valence-electron chi connectivity index (χ0n) is 14.9. The fraction of sp³-hybridized carbons (Fsp3) is 0.318. The summed E-state index contributed by atoms with van der Waals surface area (Å²) in [7, 11) is 0. The maximum absolute atomic E-state index is 14.0. The number of hydrogen-bond donors (Lipinski definition) is 0. The average molecular weight is 349 g/mol. The molecule has 0 saturated carbocycles. The molecule has 134 valence electrons. The average Bonchev–Trinajstić information content (AvgIpc) is 2.88. The first-order valence-corrected chi connectivity index (χ1v) is 9.30. The Labute approximate surface area is 154 Å². The molecule has 0 atom stereocenters. The molecule has 0 N–H and O–H groups in total. The van der Waals surface area contributed by atoms with Crippen molar-refractivity contribution in [1.29, 1.82) is 0 Å². The van der Waals surface area contributed by atoms with Gasteiger partial charge >= 0.3 is 0 Å². The highest BCUT2D eigenvalue weighted by atomic mass is 19.1. The molecule has 2 heterocycles. The van der Waals surface area contributed by atoms with Gasteiger partial charge < -0.3 is 0 Å². The van der Waals surface area contributed by atoms with Gasteiger partial charge in [-0.3, -0.25) is 14.8 Å². The third-order valence-corrected chi connectivity index (χ3v) is 5.07. The number of fused-ring (bicyclic) bond motifs is 1. The fourth-order valence-electron chi connectivity index (χ4n) is 3.77. The molecule has 4 heteroatoms. The van der Waals surface area contributed by atoms with Crippen molar-refractivity contribution in [1.82, 2.24) is 14.8 Å². The van der Waals surface area contributed by atoms with Crippen LogP contribution in [-0.2, 0) is 13.1 Å². The monoisotopic (exact) mass is 349 g/mol. The normalized spacial score (nSPS) is 16.7. The molecule has 0 aliphatic carbocycles. The maximum atomic E-state index is 14.0. The van der Waals surface area contributed by atoms with E-state index in [1.54, 1.807) is 18.3 Å². The minimum absolute atomic E-state index is 0.180. The molecule has 1 aliphatic rings. The third kappa shape index (κ3) is 4.09. The van der Waals surface area contributed by atoms with E-state index in [4.69, 9.17) is 0 Å². The van der Waals surface area contributed by atoms with Gasteiger partial charge in [0.15, 0.2) is 0 Å². The van der Waals surface area contributed by atoms with Crippen LogP contribution in [0.4, 0.5) is 4.39 Å². The lowest BCUT2D eigenvalue weighted by Gasteiger charge is -2.22. The van der Waals surface area contributed by atoms with E-state index in [1.807, 2.05) is 12.1 Å². The van der Waals surface area contributed by atoms with Gasteiger partial charge in [-0.2, -0.15) is 0 Å². The van der Waals surface area contributed by atoms with Gasteiger partial charge in [-0.15, -0.1) is 0 Å². The summed E-state index contributed by atoms with van der Waals surface area (Å²) in [5.41, 5.74) is 3.26. The van der Waals surface area contributed by atoms with Crippen molar-refractivity contribution in [3.05, 3.63) is 77.7 Å². The molecule has 1 aliphatic heterocycles. The molecule has 2 aromatic carbocycles. The van der Waals surface area contributed by atoms with Crippen LogP contribution in [0.15, 0.2) is 60.8 Å². The Kier molecular flexibility index (Phi) is 5.23. The van der Waals surface area contributed by atoms with Crippen molar-refractivity contribution in [2.75, 3.05) is 26.2 Å². The molecule has 4 rings (SSSR count).